The van der Waals surface area contributed by atoms with Gasteiger partial charge in [-0.15, -0.1) is 11.3 Å². The van der Waals surface area contributed by atoms with Gasteiger partial charge in [-0.3, -0.25) is 19.4 Å². The molecule has 51 heavy (non-hydrogen) atoms. The number of likely N-dealkylation sites (tertiary alicyclic amines) is 1. The molecular weight excluding hydrogens is 707 g/mol. The summed E-state index contributed by atoms with van der Waals surface area (Å²) < 4.78 is 104. The molecule has 2 aliphatic rings. The molecule has 276 valence electrons. The van der Waals surface area contributed by atoms with E-state index in [0.717, 1.165) is 34.7 Å². The second-order valence-corrected chi connectivity index (χ2v) is 13.6. The van der Waals surface area contributed by atoms with Crippen LogP contribution in [0.1, 0.15) is 96.4 Å². The molecule has 3 aromatic rings. The number of hydrogen-bond acceptors (Lipinski definition) is 6. The molecule has 4 heterocycles. The number of fused-ring (bicyclic) bond motifs is 1. The lowest BCUT2D eigenvalue weighted by atomic mass is 9.78. The third-order valence-corrected chi connectivity index (χ3v) is 10.3. The molecule has 1 aromatic carbocycles. The van der Waals surface area contributed by atoms with Crippen LogP contribution in [-0.4, -0.2) is 62.4 Å². The summed E-state index contributed by atoms with van der Waals surface area (Å²) in [5.41, 5.74) is -2.96. The third kappa shape index (κ3) is 8.15. The fourth-order valence-corrected chi connectivity index (χ4v) is 7.84. The Hall–Kier alpha value is -4.21. The molecule has 8 nitrogen and oxygen atoms in total. The molecule has 2 aliphatic heterocycles. The van der Waals surface area contributed by atoms with Crippen molar-refractivity contribution in [3.8, 4) is 5.75 Å². The van der Waals surface area contributed by atoms with Crippen molar-refractivity contribution in [2.24, 2.45) is 0 Å². The zero-order valence-electron chi connectivity index (χ0n) is 27.5. The van der Waals surface area contributed by atoms with Crippen LogP contribution in [-0.2, 0) is 28.4 Å². The molecule has 2 amide bonds. The Morgan fingerprint density at radius 2 is 1.78 bits per heavy atom. The predicted molar refractivity (Wildman–Crippen MR) is 172 cm³/mol. The van der Waals surface area contributed by atoms with Crippen LogP contribution < -0.4 is 4.74 Å². The van der Waals surface area contributed by atoms with Crippen molar-refractivity contribution in [2.45, 2.75) is 94.7 Å². The van der Waals surface area contributed by atoms with Crippen molar-refractivity contribution in [2.75, 3.05) is 13.1 Å². The van der Waals surface area contributed by atoms with Crippen molar-refractivity contribution >= 4 is 29.1 Å². The molecule has 2 aromatic heterocycles. The van der Waals surface area contributed by atoms with Gasteiger partial charge >= 0.3 is 18.3 Å². The molecule has 0 saturated carbocycles. The number of carboxylic acid groups (broad SMARTS) is 1. The quantitative estimate of drug-likeness (QED) is 0.157. The molecule has 0 unspecified atom stereocenters. The van der Waals surface area contributed by atoms with Crippen LogP contribution in [0.25, 0.3) is 0 Å². The highest BCUT2D eigenvalue weighted by Crippen LogP contribution is 2.45. The summed E-state index contributed by atoms with van der Waals surface area (Å²) in [6.45, 7) is 1.69. The van der Waals surface area contributed by atoms with Crippen molar-refractivity contribution in [3.63, 3.8) is 0 Å². The van der Waals surface area contributed by atoms with Crippen LogP contribution in [0.15, 0.2) is 48.0 Å². The number of halogens is 7. The molecule has 1 saturated heterocycles. The van der Waals surface area contributed by atoms with E-state index in [1.165, 1.54) is 23.1 Å². The van der Waals surface area contributed by atoms with E-state index in [0.29, 0.717) is 35.3 Å². The molecule has 0 bridgehead atoms. The van der Waals surface area contributed by atoms with Crippen LogP contribution in [0.4, 0.5) is 30.7 Å². The Kier molecular flexibility index (Phi) is 11.3. The molecule has 0 radical (unpaired) electrons. The first-order chi connectivity index (χ1) is 24.1. The number of carboxylic acids is 1. The highest BCUT2D eigenvalue weighted by atomic mass is 32.1. The van der Waals surface area contributed by atoms with E-state index < -0.39 is 69.8 Å². The smallest absolute Gasteiger partial charge is 0.425 e. The molecule has 0 aliphatic carbocycles. The van der Waals surface area contributed by atoms with E-state index in [1.807, 2.05) is 0 Å². The van der Waals surface area contributed by atoms with E-state index in [4.69, 9.17) is 4.74 Å². The van der Waals surface area contributed by atoms with Gasteiger partial charge in [-0.25, -0.2) is 4.39 Å². The van der Waals surface area contributed by atoms with E-state index in [2.05, 4.69) is 4.98 Å². The van der Waals surface area contributed by atoms with Crippen LogP contribution in [0, 0.1) is 5.82 Å². The van der Waals surface area contributed by atoms with Crippen molar-refractivity contribution in [3.05, 3.63) is 81.1 Å². The molecular formula is C35H36F7N3O5S. The van der Waals surface area contributed by atoms with Gasteiger partial charge in [-0.2, -0.15) is 26.3 Å². The summed E-state index contributed by atoms with van der Waals surface area (Å²) in [7, 11) is 0. The monoisotopic (exact) mass is 743 g/mol. The van der Waals surface area contributed by atoms with E-state index in [1.54, 1.807) is 6.92 Å². The first-order valence-corrected chi connectivity index (χ1v) is 17.4. The Balaban J connectivity index is 1.62. The maximum atomic E-state index is 15.2. The fourth-order valence-electron chi connectivity index (χ4n) is 7.17. The normalized spacial score (nSPS) is 20.9. The number of ether oxygens (including phenoxy) is 1. The van der Waals surface area contributed by atoms with Crippen LogP contribution >= 0.6 is 11.3 Å². The third-order valence-electron chi connectivity index (χ3n) is 9.36. The lowest BCUT2D eigenvalue weighted by Gasteiger charge is -2.51. The molecule has 1 fully saturated rings. The highest BCUT2D eigenvalue weighted by Gasteiger charge is 2.57. The van der Waals surface area contributed by atoms with Gasteiger partial charge < -0.3 is 19.6 Å². The van der Waals surface area contributed by atoms with Crippen LogP contribution in [0.2, 0.25) is 0 Å². The number of benzene rings is 1. The summed E-state index contributed by atoms with van der Waals surface area (Å²) in [5.74, 6) is -3.58. The van der Waals surface area contributed by atoms with Gasteiger partial charge in [-0.05, 0) is 67.5 Å². The number of piperidine rings is 1. The summed E-state index contributed by atoms with van der Waals surface area (Å²) >= 11 is 0.349. The minimum atomic E-state index is -4.93. The number of aromatic nitrogens is 1. The van der Waals surface area contributed by atoms with Gasteiger partial charge in [-0.1, -0.05) is 25.8 Å². The zero-order valence-corrected chi connectivity index (χ0v) is 28.3. The second-order valence-electron chi connectivity index (χ2n) is 12.7. The highest BCUT2D eigenvalue weighted by molar-refractivity contribution is 7.10. The molecule has 16 heteroatoms. The Morgan fingerprint density at radius 1 is 1.02 bits per heavy atom. The largest absolute Gasteiger partial charge is 0.481 e. The number of pyridine rings is 1. The van der Waals surface area contributed by atoms with Crippen molar-refractivity contribution < 1.29 is 55.0 Å². The Morgan fingerprint density at radius 3 is 2.45 bits per heavy atom. The molecule has 5 rings (SSSR count). The number of nitrogens with zero attached hydrogens (tertiary/aromatic N) is 3. The number of thiophene rings is 1. The number of unbranched alkanes of at least 4 members (excludes halogenated alkanes) is 1. The average molecular weight is 744 g/mol. The van der Waals surface area contributed by atoms with Crippen molar-refractivity contribution in [1.29, 1.82) is 0 Å². The SMILES string of the molecule is CCC[C@H]1N(C(=O)c2ncccc2C(F)(F)F)CCC[C@@]1(Oc1csc(C(F)(F)F)c1)C(=O)N1CCc2cc(F)ccc2[C@@H]1CCCCC(=O)O. The van der Waals surface area contributed by atoms with Crippen LogP contribution in [0.3, 0.4) is 0 Å². The van der Waals surface area contributed by atoms with E-state index in [-0.39, 0.29) is 63.8 Å². The van der Waals surface area contributed by atoms with Crippen LogP contribution in [0.5, 0.6) is 5.75 Å². The number of aliphatic carboxylic acids is 1. The minimum absolute atomic E-state index is 0.0344. The van der Waals surface area contributed by atoms with Gasteiger partial charge in [0.1, 0.15) is 22.1 Å². The van der Waals surface area contributed by atoms with E-state index >= 15 is 4.79 Å². The average Bonchev–Trinajstić information content (AvgIpc) is 3.55. The van der Waals surface area contributed by atoms with E-state index in [9.17, 15) is 45.4 Å². The van der Waals surface area contributed by atoms with Gasteiger partial charge in [0.05, 0.1) is 17.6 Å². The van der Waals surface area contributed by atoms with Gasteiger partial charge in [0.15, 0.2) is 0 Å². The van der Waals surface area contributed by atoms with Gasteiger partial charge in [0.2, 0.25) is 5.60 Å². The summed E-state index contributed by atoms with van der Waals surface area (Å²) in [4.78, 5) is 45.9. The first kappa shape index (κ1) is 38.0. The lowest BCUT2D eigenvalue weighted by molar-refractivity contribution is -0.162. The number of carbonyl (C=O) groups excluding carboxylic acids is 2. The molecule has 0 spiro atoms. The van der Waals surface area contributed by atoms with Crippen molar-refractivity contribution in [1.82, 2.24) is 14.8 Å². The maximum Gasteiger partial charge on any atom is 0.425 e. The lowest BCUT2D eigenvalue weighted by Crippen LogP contribution is -2.68. The number of alkyl halides is 6. The standard InChI is InChI=1S/C35H36F7N3O5S/c1-2-7-27-33(50-23-19-28(51-20-23)35(40,41)42,14-6-16-45(27)31(48)30-25(34(37,38)39)8-5-15-43-30)32(49)44-17-13-21-18-22(36)11-12-24(21)26(44)9-3-4-10-29(46)47/h5,8,11-12,15,18-20,26-27H,2-4,6-7,9-10,13-14,16-17H2,1H3,(H,46,47)/t26-,27+,33-/m0/s1. The first-order valence-electron chi connectivity index (χ1n) is 16.6. The topological polar surface area (TPSA) is 100 Å². The second kappa shape index (κ2) is 15.2. The summed E-state index contributed by atoms with van der Waals surface area (Å²) in [5, 5.41) is 10.3. The predicted octanol–water partition coefficient (Wildman–Crippen LogP) is 8.31. The zero-order chi connectivity index (χ0) is 37.1. The maximum absolute atomic E-state index is 15.2. The number of rotatable bonds is 11. The minimum Gasteiger partial charge on any atom is -0.481 e. The summed E-state index contributed by atoms with van der Waals surface area (Å²) in [6.07, 6.45) is -7.31. The number of carbonyl (C=O) groups is 3. The fraction of sp³-hybridized carbons (Fsp3) is 0.486. The Bertz CT molecular complexity index is 1750. The van der Waals surface area contributed by atoms with Gasteiger partial charge in [0.25, 0.3) is 11.8 Å². The van der Waals surface area contributed by atoms with Gasteiger partial charge in [0, 0.05) is 43.6 Å². The number of amides is 2. The molecule has 1 N–H and O–H groups in total. The Labute approximate surface area is 293 Å². The molecule has 3 atom stereocenters. The number of hydrogen-bond donors (Lipinski definition) is 1. The summed E-state index contributed by atoms with van der Waals surface area (Å²) in [6, 6.07) is 4.70.